The zero-order valence-electron chi connectivity index (χ0n) is 9.72. The molecule has 0 unspecified atom stereocenters. The van der Waals surface area contributed by atoms with E-state index in [2.05, 4.69) is 58.8 Å². The lowest BCUT2D eigenvalue weighted by Gasteiger charge is -1.98. The Morgan fingerprint density at radius 1 is 0.611 bits per heavy atom. The zero-order valence-corrected chi connectivity index (χ0v) is 9.72. The van der Waals surface area contributed by atoms with Gasteiger partial charge in [-0.1, -0.05) is 71.0 Å². The third-order valence-electron chi connectivity index (χ3n) is 2.08. The maximum atomic E-state index is 7.56. The van der Waals surface area contributed by atoms with Crippen molar-refractivity contribution >= 4 is 12.4 Å². The minimum absolute atomic E-state index is 0.944. The molecule has 0 fully saturated rings. The molecule has 0 heterocycles. The highest BCUT2D eigenvalue weighted by Crippen LogP contribution is 2.17. The van der Waals surface area contributed by atoms with Gasteiger partial charge in [-0.25, -0.2) is 0 Å². The third kappa shape index (κ3) is 4.94. The lowest BCUT2D eigenvalue weighted by Crippen LogP contribution is -1.73. The van der Waals surface area contributed by atoms with Crippen molar-refractivity contribution in [2.75, 3.05) is 0 Å². The Morgan fingerprint density at radius 3 is 1.22 bits per heavy atom. The number of nitrogens with zero attached hydrogens (tertiary/aromatic N) is 2. The van der Waals surface area contributed by atoms with Crippen molar-refractivity contribution in [3.8, 4) is 11.1 Å². The van der Waals surface area contributed by atoms with Crippen LogP contribution in [0.15, 0.2) is 71.0 Å². The molecule has 0 spiro atoms. The molecule has 0 saturated heterocycles. The van der Waals surface area contributed by atoms with E-state index in [-0.39, 0.29) is 0 Å². The number of rotatable bonds is 2. The fourth-order valence-electron chi connectivity index (χ4n) is 1.32. The number of hydrogen-bond donors (Lipinski definition) is 2. The van der Waals surface area contributed by atoms with E-state index < -0.39 is 0 Å². The van der Waals surface area contributed by atoms with E-state index >= 15 is 0 Å². The summed E-state index contributed by atoms with van der Waals surface area (Å²) in [5.74, 6) is 0. The molecular weight excluding hydrogens is 228 g/mol. The topological polar surface area (TPSA) is 65.2 Å². The Hall–Kier alpha value is -2.62. The van der Waals surface area contributed by atoms with Gasteiger partial charge < -0.3 is 10.4 Å². The number of oxime groups is 2. The van der Waals surface area contributed by atoms with Crippen molar-refractivity contribution in [2.24, 2.45) is 10.3 Å². The molecule has 2 N–H and O–H groups in total. The van der Waals surface area contributed by atoms with Crippen LogP contribution in [-0.4, -0.2) is 22.8 Å². The van der Waals surface area contributed by atoms with Crippen LogP contribution in [0.4, 0.5) is 0 Å². The summed E-state index contributed by atoms with van der Waals surface area (Å²) in [7, 11) is 0. The first-order valence-corrected chi connectivity index (χ1v) is 5.32. The van der Waals surface area contributed by atoms with E-state index in [0.717, 1.165) is 12.4 Å². The zero-order chi connectivity index (χ0) is 13.1. The summed E-state index contributed by atoms with van der Waals surface area (Å²) in [6.07, 6.45) is 1.89. The minimum Gasteiger partial charge on any atom is -0.411 e. The average Bonchev–Trinajstić information content (AvgIpc) is 2.48. The molecule has 0 radical (unpaired) electrons. The van der Waals surface area contributed by atoms with Crippen molar-refractivity contribution in [2.45, 2.75) is 0 Å². The van der Waals surface area contributed by atoms with Crippen LogP contribution < -0.4 is 0 Å². The van der Waals surface area contributed by atoms with Crippen LogP contribution in [0.25, 0.3) is 11.1 Å². The predicted octanol–water partition coefficient (Wildman–Crippen LogP) is 3.26. The lowest BCUT2D eigenvalue weighted by molar-refractivity contribution is 0.317. The third-order valence-corrected chi connectivity index (χ3v) is 2.08. The molecule has 92 valence electrons. The monoisotopic (exact) mass is 242 g/mol. The van der Waals surface area contributed by atoms with Gasteiger partial charge in [0.2, 0.25) is 0 Å². The molecule has 0 amide bonds. The van der Waals surface area contributed by atoms with E-state index in [4.69, 9.17) is 10.4 Å². The summed E-state index contributed by atoms with van der Waals surface area (Å²) < 4.78 is 0. The predicted molar refractivity (Wildman–Crippen MR) is 72.4 cm³/mol. The number of benzene rings is 2. The molecule has 0 atom stereocenters. The van der Waals surface area contributed by atoms with E-state index in [1.807, 2.05) is 12.1 Å². The summed E-state index contributed by atoms with van der Waals surface area (Å²) in [6.45, 7) is 0. The maximum Gasteiger partial charge on any atom is 0.0877 e. The summed E-state index contributed by atoms with van der Waals surface area (Å²) in [5, 5.41) is 20.1. The van der Waals surface area contributed by atoms with Gasteiger partial charge >= 0.3 is 0 Å². The normalized spacial score (nSPS) is 10.2. The Bertz CT molecular complexity index is 434. The summed E-state index contributed by atoms with van der Waals surface area (Å²) in [6, 6.07) is 20.8. The van der Waals surface area contributed by atoms with Gasteiger partial charge in [0.15, 0.2) is 0 Å². The molecule has 0 saturated carbocycles. The molecule has 0 bridgehead atoms. The van der Waals surface area contributed by atoms with Crippen molar-refractivity contribution in [3.63, 3.8) is 0 Å². The second-order valence-corrected chi connectivity index (χ2v) is 3.26. The minimum atomic E-state index is 0.944. The van der Waals surface area contributed by atoms with Crippen LogP contribution in [0, 0.1) is 0 Å². The Labute approximate surface area is 106 Å². The van der Waals surface area contributed by atoms with Crippen LogP contribution in [0.5, 0.6) is 0 Å². The van der Waals surface area contributed by atoms with Crippen LogP contribution in [0.2, 0.25) is 0 Å². The van der Waals surface area contributed by atoms with Crippen LogP contribution in [-0.2, 0) is 0 Å². The molecular formula is C14H14N2O2. The quantitative estimate of drug-likeness (QED) is 0.482. The van der Waals surface area contributed by atoms with Crippen LogP contribution in [0.1, 0.15) is 0 Å². The molecule has 2 aromatic carbocycles. The van der Waals surface area contributed by atoms with Crippen molar-refractivity contribution in [1.82, 2.24) is 0 Å². The molecule has 2 rings (SSSR count). The SMILES string of the molecule is O/N=C/C=N/O.c1ccc(-c2ccccc2)cc1. The fraction of sp³-hybridized carbons (Fsp3) is 0. The van der Waals surface area contributed by atoms with Crippen LogP contribution >= 0.6 is 0 Å². The highest BCUT2D eigenvalue weighted by molar-refractivity contribution is 6.15. The first-order chi connectivity index (χ1) is 8.88. The molecule has 18 heavy (non-hydrogen) atoms. The van der Waals surface area contributed by atoms with Gasteiger partial charge in [0, 0.05) is 0 Å². The molecule has 4 heteroatoms. The van der Waals surface area contributed by atoms with Gasteiger partial charge in [-0.05, 0) is 11.1 Å². The summed E-state index contributed by atoms with van der Waals surface area (Å²) >= 11 is 0. The molecule has 0 aromatic heterocycles. The van der Waals surface area contributed by atoms with E-state index in [1.165, 1.54) is 11.1 Å². The van der Waals surface area contributed by atoms with Gasteiger partial charge in [0.05, 0.1) is 12.4 Å². The molecule has 4 nitrogen and oxygen atoms in total. The highest BCUT2D eigenvalue weighted by Gasteiger charge is 1.91. The molecule has 0 aliphatic heterocycles. The lowest BCUT2D eigenvalue weighted by atomic mass is 10.1. The van der Waals surface area contributed by atoms with Gasteiger partial charge in [-0.15, -0.1) is 0 Å². The van der Waals surface area contributed by atoms with Crippen LogP contribution in [0.3, 0.4) is 0 Å². The summed E-state index contributed by atoms with van der Waals surface area (Å²) in [4.78, 5) is 0. The first-order valence-electron chi connectivity index (χ1n) is 5.32. The molecule has 0 aliphatic rings. The van der Waals surface area contributed by atoms with Crippen molar-refractivity contribution < 1.29 is 10.4 Å². The van der Waals surface area contributed by atoms with Crippen molar-refractivity contribution in [1.29, 1.82) is 0 Å². The van der Waals surface area contributed by atoms with Gasteiger partial charge in [0.25, 0.3) is 0 Å². The molecule has 0 aliphatic carbocycles. The Balaban J connectivity index is 0.000000232. The summed E-state index contributed by atoms with van der Waals surface area (Å²) in [5.41, 5.74) is 2.55. The van der Waals surface area contributed by atoms with E-state index in [1.54, 1.807) is 0 Å². The average molecular weight is 242 g/mol. The second-order valence-electron chi connectivity index (χ2n) is 3.26. The van der Waals surface area contributed by atoms with E-state index in [9.17, 15) is 0 Å². The smallest absolute Gasteiger partial charge is 0.0877 e. The van der Waals surface area contributed by atoms with Gasteiger partial charge in [-0.3, -0.25) is 0 Å². The number of hydrogen-bond acceptors (Lipinski definition) is 4. The van der Waals surface area contributed by atoms with Gasteiger partial charge in [0.1, 0.15) is 0 Å². The Kier molecular flexibility index (Phi) is 6.37. The second kappa shape index (κ2) is 8.52. The Morgan fingerprint density at radius 2 is 0.944 bits per heavy atom. The standard InChI is InChI=1S/C12H10.C2H4N2O2/c1-3-7-11(8-4-1)12-9-5-2-6-10-12;5-3-1-2-4-6/h1-10H;1-2,5-6H/b;3-1+,4-2+. The van der Waals surface area contributed by atoms with Gasteiger partial charge in [-0.2, -0.15) is 0 Å². The maximum absolute atomic E-state index is 7.56. The first kappa shape index (κ1) is 13.4. The largest absolute Gasteiger partial charge is 0.411 e. The van der Waals surface area contributed by atoms with E-state index in [0.29, 0.717) is 0 Å². The van der Waals surface area contributed by atoms with Crippen molar-refractivity contribution in [3.05, 3.63) is 60.7 Å². The molecule has 2 aromatic rings. The highest BCUT2D eigenvalue weighted by atomic mass is 16.4. The fourth-order valence-corrected chi connectivity index (χ4v) is 1.32.